The zero-order valence-corrected chi connectivity index (χ0v) is 22.6. The Kier molecular flexibility index (Phi) is 9.06. The number of carbonyl (C=O) groups is 2. The van der Waals surface area contributed by atoms with E-state index in [1.54, 1.807) is 18.2 Å². The fraction of sp³-hybridized carbons (Fsp3) is 0.231. The highest BCUT2D eigenvalue weighted by Crippen LogP contribution is 2.37. The Labute approximate surface area is 235 Å². The molecular formula is C26H20BrClFN5O5. The molecule has 0 atom stereocenters. The van der Waals surface area contributed by atoms with Crippen LogP contribution in [0.2, 0.25) is 5.02 Å². The van der Waals surface area contributed by atoms with Crippen LogP contribution in [0, 0.1) is 12.4 Å². The van der Waals surface area contributed by atoms with Gasteiger partial charge in [-0.2, -0.15) is 10.2 Å². The Bertz CT molecular complexity index is 1590. The maximum atomic E-state index is 15.6. The highest BCUT2D eigenvalue weighted by Gasteiger charge is 2.19. The van der Waals surface area contributed by atoms with E-state index in [4.69, 9.17) is 32.8 Å². The first-order valence-electron chi connectivity index (χ1n) is 11.6. The third-order valence-electron chi connectivity index (χ3n) is 5.56. The Morgan fingerprint density at radius 3 is 2.74 bits per heavy atom. The Balaban J connectivity index is 1.53. The summed E-state index contributed by atoms with van der Waals surface area (Å²) >= 11 is 9.37. The van der Waals surface area contributed by atoms with Crippen LogP contribution in [0.3, 0.4) is 0 Å². The summed E-state index contributed by atoms with van der Waals surface area (Å²) in [5, 5.41) is 22.0. The number of esters is 1. The van der Waals surface area contributed by atoms with E-state index in [-0.39, 0.29) is 53.8 Å². The van der Waals surface area contributed by atoms with Crippen molar-refractivity contribution >= 4 is 56.2 Å². The number of carboxylic acid groups (broad SMARTS) is 1. The molecule has 13 heteroatoms. The molecule has 0 aliphatic carbocycles. The summed E-state index contributed by atoms with van der Waals surface area (Å²) in [5.74, 6) is -1.92. The number of benzene rings is 2. The number of nitrogens with zero attached hydrogens (tertiary/aromatic N) is 5. The minimum Gasteiger partial charge on any atom is -0.481 e. The lowest BCUT2D eigenvalue weighted by Gasteiger charge is -2.12. The number of unbranched alkanes of at least 4 members (excludes halogenated alkanes) is 1. The molecule has 1 N–H and O–H groups in total. The predicted molar refractivity (Wildman–Crippen MR) is 142 cm³/mol. The van der Waals surface area contributed by atoms with E-state index in [0.717, 1.165) is 0 Å². The van der Waals surface area contributed by atoms with E-state index < -0.39 is 17.8 Å². The van der Waals surface area contributed by atoms with Crippen molar-refractivity contribution in [1.29, 1.82) is 0 Å². The molecule has 2 aromatic heterocycles. The van der Waals surface area contributed by atoms with Gasteiger partial charge in [-0.3, -0.25) is 9.59 Å². The van der Waals surface area contributed by atoms with Crippen molar-refractivity contribution in [2.75, 3.05) is 0 Å². The zero-order valence-electron chi connectivity index (χ0n) is 20.2. The first-order valence-corrected chi connectivity index (χ1v) is 12.8. The largest absolute Gasteiger partial charge is 0.481 e. The van der Waals surface area contributed by atoms with Gasteiger partial charge in [-0.1, -0.05) is 17.7 Å². The van der Waals surface area contributed by atoms with Crippen LogP contribution in [0.4, 0.5) is 10.1 Å². The van der Waals surface area contributed by atoms with Crippen molar-refractivity contribution < 1.29 is 28.6 Å². The highest BCUT2D eigenvalue weighted by atomic mass is 79.9. The van der Waals surface area contributed by atoms with Crippen LogP contribution in [0.15, 0.2) is 47.1 Å². The van der Waals surface area contributed by atoms with Crippen molar-refractivity contribution in [3.63, 3.8) is 0 Å². The molecule has 0 spiro atoms. The van der Waals surface area contributed by atoms with Crippen molar-refractivity contribution in [1.82, 2.24) is 20.0 Å². The second-order valence-electron chi connectivity index (χ2n) is 8.35. The molecule has 10 nitrogen and oxygen atoms in total. The Morgan fingerprint density at radius 2 is 1.97 bits per heavy atom. The molecule has 0 saturated heterocycles. The van der Waals surface area contributed by atoms with Gasteiger partial charge in [0.2, 0.25) is 0 Å². The monoisotopic (exact) mass is 615 g/mol. The molecule has 0 saturated carbocycles. The van der Waals surface area contributed by atoms with Crippen LogP contribution in [0.25, 0.3) is 15.9 Å². The lowest BCUT2D eigenvalue weighted by molar-refractivity contribution is -0.148. The first kappa shape index (κ1) is 27.9. The molecule has 39 heavy (non-hydrogen) atoms. The summed E-state index contributed by atoms with van der Waals surface area (Å²) in [4.78, 5) is 26.0. The van der Waals surface area contributed by atoms with Gasteiger partial charge in [0.1, 0.15) is 5.75 Å². The Hall–Kier alpha value is -4.08. The molecule has 200 valence electrons. The average Bonchev–Trinajstić information content (AvgIpc) is 3.26. The lowest BCUT2D eigenvalue weighted by atomic mass is 10.1. The second kappa shape index (κ2) is 12.6. The molecule has 0 fully saturated rings. The molecule has 0 aliphatic rings. The Morgan fingerprint density at radius 1 is 1.18 bits per heavy atom. The quantitative estimate of drug-likeness (QED) is 0.116. The highest BCUT2D eigenvalue weighted by molar-refractivity contribution is 9.10. The van der Waals surface area contributed by atoms with Crippen molar-refractivity contribution in [3.8, 4) is 11.5 Å². The molecule has 4 rings (SSSR count). The topological polar surface area (TPSA) is 121 Å². The predicted octanol–water partition coefficient (Wildman–Crippen LogP) is 6.46. The summed E-state index contributed by atoms with van der Waals surface area (Å²) in [6.07, 6.45) is 2.35. The van der Waals surface area contributed by atoms with E-state index in [1.807, 2.05) is 0 Å². The fourth-order valence-electron chi connectivity index (χ4n) is 3.73. The van der Waals surface area contributed by atoms with E-state index in [0.29, 0.717) is 34.0 Å². The molecule has 0 bridgehead atoms. The van der Waals surface area contributed by atoms with Crippen molar-refractivity contribution in [3.05, 3.63) is 80.6 Å². The fourth-order valence-corrected chi connectivity index (χ4v) is 4.34. The normalized spacial score (nSPS) is 10.8. The van der Waals surface area contributed by atoms with Gasteiger partial charge < -0.3 is 14.6 Å². The molecule has 2 aromatic carbocycles. The summed E-state index contributed by atoms with van der Waals surface area (Å²) < 4.78 is 28.4. The van der Waals surface area contributed by atoms with E-state index in [1.165, 1.54) is 29.1 Å². The minimum atomic E-state index is -0.919. The summed E-state index contributed by atoms with van der Waals surface area (Å²) in [6.45, 7) is 6.96. The molecule has 2 heterocycles. The van der Waals surface area contributed by atoms with Gasteiger partial charge in [0.25, 0.3) is 0 Å². The van der Waals surface area contributed by atoms with Gasteiger partial charge in [-0.25, -0.2) is 13.9 Å². The zero-order chi connectivity index (χ0) is 27.9. The summed E-state index contributed by atoms with van der Waals surface area (Å²) in [5.41, 5.74) is 1.36. The average molecular weight is 617 g/mol. The number of hydrogen-bond acceptors (Lipinski definition) is 7. The number of aliphatic carboxylic acids is 1. The molecule has 0 unspecified atom stereocenters. The van der Waals surface area contributed by atoms with Gasteiger partial charge in [-0.05, 0) is 64.7 Å². The minimum absolute atomic E-state index is 0.0173. The number of hydrogen-bond donors (Lipinski definition) is 1. The first-order chi connectivity index (χ1) is 18.7. The van der Waals surface area contributed by atoms with E-state index in [2.05, 4.69) is 36.1 Å². The van der Waals surface area contributed by atoms with Crippen LogP contribution < -0.4 is 4.74 Å². The number of aromatic nitrogens is 4. The van der Waals surface area contributed by atoms with Gasteiger partial charge in [-0.15, -0.1) is 5.10 Å². The lowest BCUT2D eigenvalue weighted by Crippen LogP contribution is -2.11. The van der Waals surface area contributed by atoms with Gasteiger partial charge in [0.15, 0.2) is 29.6 Å². The number of ether oxygens (including phenoxy) is 2. The third kappa shape index (κ3) is 7.07. The third-order valence-corrected chi connectivity index (χ3v) is 6.40. The molecular weight excluding hydrogens is 597 g/mol. The number of carbonyl (C=O) groups excluding carboxylic acids is 1. The second-order valence-corrected chi connectivity index (χ2v) is 9.64. The van der Waals surface area contributed by atoms with Gasteiger partial charge in [0.05, 0.1) is 22.9 Å². The summed E-state index contributed by atoms with van der Waals surface area (Å²) in [6, 6.07) is 9.32. The number of halogens is 3. The molecule has 4 aromatic rings. The maximum absolute atomic E-state index is 15.6. The SMILES string of the molecule is [C-]#[N+]c1cc(Cl)cc(Oc2c(Br)ccc(Cc3nn(COC(=O)CCCCC(=O)O)c4nnccc34)c2F)c1. The number of rotatable bonds is 11. The van der Waals surface area contributed by atoms with Crippen LogP contribution in [0.5, 0.6) is 11.5 Å². The van der Waals surface area contributed by atoms with Crippen molar-refractivity contribution in [2.45, 2.75) is 38.8 Å². The van der Waals surface area contributed by atoms with Gasteiger partial charge >= 0.3 is 11.9 Å². The van der Waals surface area contributed by atoms with Crippen molar-refractivity contribution in [2.24, 2.45) is 0 Å². The molecule has 0 aliphatic heterocycles. The smallest absolute Gasteiger partial charge is 0.307 e. The van der Waals surface area contributed by atoms with Crippen LogP contribution in [0.1, 0.15) is 36.9 Å². The van der Waals surface area contributed by atoms with E-state index in [9.17, 15) is 9.59 Å². The molecule has 0 amide bonds. The number of fused-ring (bicyclic) bond motifs is 1. The van der Waals surface area contributed by atoms with Crippen LogP contribution >= 0.6 is 27.5 Å². The van der Waals surface area contributed by atoms with E-state index >= 15 is 4.39 Å². The van der Waals surface area contributed by atoms with Crippen LogP contribution in [-0.4, -0.2) is 37.0 Å². The summed E-state index contributed by atoms with van der Waals surface area (Å²) in [7, 11) is 0. The molecule has 0 radical (unpaired) electrons. The van der Waals surface area contributed by atoms with Crippen LogP contribution in [-0.2, 0) is 27.5 Å². The maximum Gasteiger partial charge on any atom is 0.307 e. The number of carboxylic acids is 1. The van der Waals surface area contributed by atoms with Gasteiger partial charge in [0, 0.05) is 29.7 Å². The standard InChI is InChI=1S/C26H20BrClFN5O5/c1-30-17-11-16(28)12-18(13-17)39-25-20(27)7-6-15(24(25)29)10-21-19-8-9-31-32-26(19)34(33-21)14-38-23(37)5-3-2-4-22(35)36/h6-9,11-13H,2-5,10,14H2,(H,35,36).